The van der Waals surface area contributed by atoms with Crippen molar-refractivity contribution >= 4 is 7.82 Å². The summed E-state index contributed by atoms with van der Waals surface area (Å²) in [6.07, 6.45) is 31.1. The van der Waals surface area contributed by atoms with Gasteiger partial charge in [0.1, 0.15) is 0 Å². The summed E-state index contributed by atoms with van der Waals surface area (Å²) in [5, 5.41) is 8.75. The van der Waals surface area contributed by atoms with Crippen molar-refractivity contribution in [3.63, 3.8) is 0 Å². The maximum absolute atomic E-state index is 10.5. The van der Waals surface area contributed by atoms with E-state index < -0.39 is 7.82 Å². The van der Waals surface area contributed by atoms with Crippen LogP contribution < -0.4 is 0 Å². The van der Waals surface area contributed by atoms with Gasteiger partial charge in [0.25, 0.3) is 0 Å². The highest BCUT2D eigenvalue weighted by molar-refractivity contribution is 7.46. The van der Waals surface area contributed by atoms with Gasteiger partial charge in [0, 0.05) is 6.61 Å². The van der Waals surface area contributed by atoms with Gasteiger partial charge >= 0.3 is 7.82 Å². The summed E-state index contributed by atoms with van der Waals surface area (Å²) in [4.78, 5) is 17.2. The molecule has 32 heavy (non-hydrogen) atoms. The summed E-state index contributed by atoms with van der Waals surface area (Å²) in [7, 11) is -4.27. The molecule has 0 aliphatic rings. The first kappa shape index (κ1) is 32.1. The fourth-order valence-electron chi connectivity index (χ4n) is 4.29. The first-order valence-corrected chi connectivity index (χ1v) is 15.4. The second-order valence-electron chi connectivity index (χ2n) is 9.53. The molecule has 0 aromatic carbocycles. The minimum atomic E-state index is -4.27. The molecule has 0 unspecified atom stereocenters. The first-order valence-electron chi connectivity index (χ1n) is 13.9. The molecule has 5 nitrogen and oxygen atoms in total. The van der Waals surface area contributed by atoms with Crippen LogP contribution in [0.5, 0.6) is 0 Å². The normalized spacial score (nSPS) is 12.0. The van der Waals surface area contributed by atoms with E-state index in [0.717, 1.165) is 25.7 Å². The van der Waals surface area contributed by atoms with Gasteiger partial charge in [0.05, 0.1) is 6.61 Å². The second-order valence-corrected chi connectivity index (χ2v) is 10.8. The molecule has 0 fully saturated rings. The predicted octanol–water partition coefficient (Wildman–Crippen LogP) is 8.45. The summed E-state index contributed by atoms with van der Waals surface area (Å²) in [5.41, 5.74) is 0. The van der Waals surface area contributed by atoms with E-state index in [4.69, 9.17) is 14.9 Å². The minimum Gasteiger partial charge on any atom is -0.396 e. The number of hydrogen-bond donors (Lipinski definition) is 3. The van der Waals surface area contributed by atoms with Gasteiger partial charge < -0.3 is 14.9 Å². The molecule has 194 valence electrons. The van der Waals surface area contributed by atoms with Gasteiger partial charge in [-0.15, -0.1) is 0 Å². The zero-order valence-electron chi connectivity index (χ0n) is 21.0. The van der Waals surface area contributed by atoms with Crippen molar-refractivity contribution in [3.05, 3.63) is 0 Å². The molecule has 0 aromatic rings. The Labute approximate surface area is 199 Å². The Balaban J connectivity index is 3.03. The van der Waals surface area contributed by atoms with Gasteiger partial charge in [0.2, 0.25) is 0 Å². The Hall–Kier alpha value is 0.0700. The molecule has 0 heterocycles. The van der Waals surface area contributed by atoms with Crippen LogP contribution in [0.1, 0.15) is 154 Å². The highest BCUT2D eigenvalue weighted by atomic mass is 31.2. The summed E-state index contributed by atoms with van der Waals surface area (Å²) >= 11 is 0. The highest BCUT2D eigenvalue weighted by Gasteiger charge is 2.12. The molecule has 0 amide bonds. The lowest BCUT2D eigenvalue weighted by Gasteiger charge is -2.05. The first-order chi connectivity index (χ1) is 15.6. The van der Waals surface area contributed by atoms with Crippen molar-refractivity contribution in [1.29, 1.82) is 0 Å². The Morgan fingerprint density at radius 2 is 0.625 bits per heavy atom. The topological polar surface area (TPSA) is 87.0 Å². The highest BCUT2D eigenvalue weighted by Crippen LogP contribution is 2.35. The van der Waals surface area contributed by atoms with Crippen molar-refractivity contribution in [2.24, 2.45) is 0 Å². The van der Waals surface area contributed by atoms with Crippen LogP contribution in [-0.2, 0) is 9.09 Å². The molecule has 0 bridgehead atoms. The summed E-state index contributed by atoms with van der Waals surface area (Å²) in [6.45, 7) is 0.521. The molecule has 0 rings (SSSR count). The van der Waals surface area contributed by atoms with E-state index in [1.165, 1.54) is 128 Å². The van der Waals surface area contributed by atoms with Gasteiger partial charge in [-0.1, -0.05) is 141 Å². The summed E-state index contributed by atoms with van der Waals surface area (Å²) in [6, 6.07) is 0. The fourth-order valence-corrected chi connectivity index (χ4v) is 4.65. The lowest BCUT2D eigenvalue weighted by molar-refractivity contribution is 0.193. The van der Waals surface area contributed by atoms with E-state index in [0.29, 0.717) is 6.61 Å². The Kier molecular flexibility index (Phi) is 25.7. The van der Waals surface area contributed by atoms with Gasteiger partial charge in [-0.3, -0.25) is 4.52 Å². The third kappa shape index (κ3) is 30.1. The average molecular weight is 479 g/mol. The largest absolute Gasteiger partial charge is 0.469 e. The van der Waals surface area contributed by atoms with E-state index in [1.807, 2.05) is 0 Å². The quantitative estimate of drug-likeness (QED) is 0.0814. The molecule has 0 saturated heterocycles. The lowest BCUT2D eigenvalue weighted by Crippen LogP contribution is -1.92. The van der Waals surface area contributed by atoms with Crippen LogP contribution in [0, 0.1) is 0 Å². The van der Waals surface area contributed by atoms with Crippen molar-refractivity contribution in [2.45, 2.75) is 154 Å². The third-order valence-corrected chi connectivity index (χ3v) is 6.83. The van der Waals surface area contributed by atoms with Crippen LogP contribution in [0.25, 0.3) is 0 Å². The Morgan fingerprint density at radius 1 is 0.406 bits per heavy atom. The molecule has 3 N–H and O–H groups in total. The number of unbranched alkanes of at least 4 members (excludes halogenated alkanes) is 23. The zero-order chi connectivity index (χ0) is 23.6. The second kappa shape index (κ2) is 25.7. The number of hydrogen-bond acceptors (Lipinski definition) is 3. The van der Waals surface area contributed by atoms with Crippen LogP contribution >= 0.6 is 7.82 Å². The van der Waals surface area contributed by atoms with Crippen molar-refractivity contribution in [3.8, 4) is 0 Å². The number of aliphatic hydroxyl groups excluding tert-OH is 1. The molecule has 0 spiro atoms. The molecular weight excluding hydrogens is 423 g/mol. The zero-order valence-corrected chi connectivity index (χ0v) is 21.9. The van der Waals surface area contributed by atoms with E-state index >= 15 is 0 Å². The van der Waals surface area contributed by atoms with Crippen molar-refractivity contribution < 1.29 is 24.0 Å². The van der Waals surface area contributed by atoms with Crippen LogP contribution in [0.3, 0.4) is 0 Å². The fraction of sp³-hybridized carbons (Fsp3) is 1.00. The molecular formula is C26H55O5P. The van der Waals surface area contributed by atoms with Crippen molar-refractivity contribution in [2.75, 3.05) is 13.2 Å². The lowest BCUT2D eigenvalue weighted by atomic mass is 10.0. The van der Waals surface area contributed by atoms with E-state index in [9.17, 15) is 4.57 Å². The maximum atomic E-state index is 10.5. The van der Waals surface area contributed by atoms with Gasteiger partial charge in [-0.25, -0.2) is 4.57 Å². The van der Waals surface area contributed by atoms with Crippen LogP contribution in [0.2, 0.25) is 0 Å². The number of phosphoric acid groups is 1. The predicted molar refractivity (Wildman–Crippen MR) is 136 cm³/mol. The van der Waals surface area contributed by atoms with E-state index in [1.54, 1.807) is 0 Å². The number of aliphatic hydroxyl groups is 1. The number of rotatable bonds is 27. The maximum Gasteiger partial charge on any atom is 0.469 e. The van der Waals surface area contributed by atoms with Crippen LogP contribution in [0.15, 0.2) is 0 Å². The molecule has 0 radical (unpaired) electrons. The summed E-state index contributed by atoms with van der Waals surface area (Å²) in [5.74, 6) is 0. The number of phosphoric ester groups is 1. The summed E-state index contributed by atoms with van der Waals surface area (Å²) < 4.78 is 15.0. The molecule has 6 heteroatoms. The van der Waals surface area contributed by atoms with Gasteiger partial charge in [-0.05, 0) is 12.8 Å². The molecule has 0 saturated carbocycles. The Bertz CT molecular complexity index is 400. The smallest absolute Gasteiger partial charge is 0.396 e. The van der Waals surface area contributed by atoms with Crippen LogP contribution in [0.4, 0.5) is 0 Å². The van der Waals surface area contributed by atoms with E-state index in [-0.39, 0.29) is 6.61 Å². The van der Waals surface area contributed by atoms with Gasteiger partial charge in [0.15, 0.2) is 0 Å². The minimum absolute atomic E-state index is 0.165. The molecule has 0 atom stereocenters. The molecule has 0 aliphatic carbocycles. The standard InChI is InChI=1S/C26H55O5P/c27-25-23-21-19-17-15-13-11-9-7-5-3-1-2-4-6-8-10-12-14-16-18-20-22-24-26-31-32(28,29)30/h27H,1-26H2,(H2,28,29,30). The monoisotopic (exact) mass is 478 g/mol. The SMILES string of the molecule is O=P(O)(O)OCCCCCCCCCCCCCCCCCCCCCCCCCCO. The van der Waals surface area contributed by atoms with Crippen LogP contribution in [-0.4, -0.2) is 28.1 Å². The third-order valence-electron chi connectivity index (χ3n) is 6.31. The average Bonchev–Trinajstić information content (AvgIpc) is 2.75. The van der Waals surface area contributed by atoms with Gasteiger partial charge in [-0.2, -0.15) is 0 Å². The van der Waals surface area contributed by atoms with Crippen molar-refractivity contribution in [1.82, 2.24) is 0 Å². The van der Waals surface area contributed by atoms with E-state index in [2.05, 4.69) is 4.52 Å². The Morgan fingerprint density at radius 3 is 0.844 bits per heavy atom. The molecule has 0 aliphatic heterocycles. The molecule has 0 aromatic heterocycles.